The summed E-state index contributed by atoms with van der Waals surface area (Å²) in [7, 11) is 3.22. The molecule has 0 heterocycles. The SMILES string of the molecule is CO[C@]12C=C[C@H](C(=O)[C@]1(OC)c1ccccc1)[C@@H](OCc1ccccc1)C2. The highest BCUT2D eigenvalue weighted by atomic mass is 16.6. The van der Waals surface area contributed by atoms with Crippen molar-refractivity contribution >= 4 is 5.78 Å². The second-order valence-electron chi connectivity index (χ2n) is 7.13. The van der Waals surface area contributed by atoms with Crippen LogP contribution < -0.4 is 0 Å². The molecule has 0 unspecified atom stereocenters. The van der Waals surface area contributed by atoms with E-state index >= 15 is 0 Å². The number of ketones is 1. The lowest BCUT2D eigenvalue weighted by atomic mass is 9.58. The predicted octanol–water partition coefficient (Wildman–Crippen LogP) is 3.66. The molecule has 140 valence electrons. The Hall–Kier alpha value is -2.27. The van der Waals surface area contributed by atoms with E-state index < -0.39 is 11.2 Å². The first-order valence-corrected chi connectivity index (χ1v) is 9.22. The Labute approximate surface area is 159 Å². The lowest BCUT2D eigenvalue weighted by Crippen LogP contribution is -2.68. The van der Waals surface area contributed by atoms with Crippen LogP contribution in [0.15, 0.2) is 72.8 Å². The first kappa shape index (κ1) is 18.1. The van der Waals surface area contributed by atoms with Gasteiger partial charge in [-0.2, -0.15) is 0 Å². The van der Waals surface area contributed by atoms with E-state index in [-0.39, 0.29) is 17.8 Å². The molecule has 3 aliphatic rings. The van der Waals surface area contributed by atoms with Gasteiger partial charge in [-0.3, -0.25) is 4.79 Å². The molecule has 3 aliphatic carbocycles. The molecule has 2 aromatic carbocycles. The van der Waals surface area contributed by atoms with Crippen molar-refractivity contribution in [3.63, 3.8) is 0 Å². The maximum atomic E-state index is 13.6. The van der Waals surface area contributed by atoms with Crippen molar-refractivity contribution in [1.82, 2.24) is 0 Å². The summed E-state index contributed by atoms with van der Waals surface area (Å²) in [5.41, 5.74) is -0.149. The molecule has 0 spiro atoms. The molecule has 0 aliphatic heterocycles. The van der Waals surface area contributed by atoms with Gasteiger partial charge in [0.25, 0.3) is 0 Å². The van der Waals surface area contributed by atoms with E-state index in [2.05, 4.69) is 0 Å². The van der Waals surface area contributed by atoms with Crippen LogP contribution in [-0.4, -0.2) is 31.7 Å². The van der Waals surface area contributed by atoms with Crippen molar-refractivity contribution in [3.8, 4) is 0 Å². The summed E-state index contributed by atoms with van der Waals surface area (Å²) in [4.78, 5) is 13.6. The van der Waals surface area contributed by atoms with E-state index in [4.69, 9.17) is 14.2 Å². The number of fused-ring (bicyclic) bond motifs is 2. The molecule has 0 radical (unpaired) electrons. The average molecular weight is 364 g/mol. The van der Waals surface area contributed by atoms with Crippen LogP contribution in [0.4, 0.5) is 0 Å². The minimum atomic E-state index is -1.16. The number of carbonyl (C=O) groups is 1. The summed E-state index contributed by atoms with van der Waals surface area (Å²) < 4.78 is 18.1. The number of Topliss-reactive ketones (excluding diaryl/α,β-unsaturated/α-hetero) is 1. The molecule has 2 aromatic rings. The molecule has 4 atom stereocenters. The molecule has 27 heavy (non-hydrogen) atoms. The molecule has 0 N–H and O–H groups in total. The Bertz CT molecular complexity index is 832. The summed E-state index contributed by atoms with van der Waals surface area (Å²) in [6.07, 6.45) is 4.23. The summed E-state index contributed by atoms with van der Waals surface area (Å²) in [5, 5.41) is 0. The third-order valence-electron chi connectivity index (χ3n) is 5.88. The number of methoxy groups -OCH3 is 2. The molecule has 0 amide bonds. The Morgan fingerprint density at radius 1 is 0.963 bits per heavy atom. The van der Waals surface area contributed by atoms with Gasteiger partial charge in [-0.1, -0.05) is 72.8 Å². The van der Waals surface area contributed by atoms with Gasteiger partial charge in [0.2, 0.25) is 0 Å². The van der Waals surface area contributed by atoms with Crippen LogP contribution in [0.2, 0.25) is 0 Å². The van der Waals surface area contributed by atoms with Gasteiger partial charge in [-0.05, 0) is 11.1 Å². The van der Waals surface area contributed by atoms with Gasteiger partial charge >= 0.3 is 0 Å². The van der Waals surface area contributed by atoms with Crippen molar-refractivity contribution in [2.45, 2.75) is 30.3 Å². The molecule has 0 aromatic heterocycles. The molecule has 1 fully saturated rings. The molecule has 0 saturated heterocycles. The highest BCUT2D eigenvalue weighted by Crippen LogP contribution is 2.53. The van der Waals surface area contributed by atoms with Crippen molar-refractivity contribution in [2.75, 3.05) is 14.2 Å². The van der Waals surface area contributed by atoms with Gasteiger partial charge in [-0.15, -0.1) is 0 Å². The largest absolute Gasteiger partial charge is 0.372 e. The topological polar surface area (TPSA) is 44.8 Å². The van der Waals surface area contributed by atoms with Gasteiger partial charge in [0.1, 0.15) is 5.60 Å². The molecule has 4 nitrogen and oxygen atoms in total. The molecule has 4 heteroatoms. The van der Waals surface area contributed by atoms with E-state index in [0.29, 0.717) is 13.0 Å². The van der Waals surface area contributed by atoms with E-state index in [1.807, 2.05) is 72.8 Å². The number of carbonyl (C=O) groups excluding carboxylic acids is 1. The lowest BCUT2D eigenvalue weighted by molar-refractivity contribution is -0.219. The number of benzene rings is 2. The first-order valence-electron chi connectivity index (χ1n) is 9.22. The standard InChI is InChI=1S/C23H24O4/c1-25-22-14-13-19(20(15-22)27-16-17-9-5-3-6-10-17)21(24)23(22,26-2)18-11-7-4-8-12-18/h3-14,19-20H,15-16H2,1-2H3/t19-,20-,22-,23+/m0/s1. The fourth-order valence-corrected chi connectivity index (χ4v) is 4.52. The van der Waals surface area contributed by atoms with Crippen LogP contribution in [0.1, 0.15) is 17.5 Å². The van der Waals surface area contributed by atoms with Gasteiger partial charge in [0, 0.05) is 20.6 Å². The molecule has 1 saturated carbocycles. The number of rotatable bonds is 6. The van der Waals surface area contributed by atoms with Crippen LogP contribution >= 0.6 is 0 Å². The summed E-state index contributed by atoms with van der Waals surface area (Å²) in [6.45, 7) is 0.467. The van der Waals surface area contributed by atoms with E-state index in [1.54, 1.807) is 14.2 Å². The van der Waals surface area contributed by atoms with Crippen molar-refractivity contribution in [1.29, 1.82) is 0 Å². The van der Waals surface area contributed by atoms with Crippen LogP contribution in [0.25, 0.3) is 0 Å². The van der Waals surface area contributed by atoms with E-state index in [0.717, 1.165) is 11.1 Å². The lowest BCUT2D eigenvalue weighted by Gasteiger charge is -2.55. The van der Waals surface area contributed by atoms with Crippen molar-refractivity contribution in [3.05, 3.63) is 83.9 Å². The first-order chi connectivity index (χ1) is 13.2. The zero-order chi connectivity index (χ0) is 18.9. The van der Waals surface area contributed by atoms with Crippen LogP contribution in [0.5, 0.6) is 0 Å². The Morgan fingerprint density at radius 3 is 2.26 bits per heavy atom. The fourth-order valence-electron chi connectivity index (χ4n) is 4.52. The third-order valence-corrected chi connectivity index (χ3v) is 5.88. The number of ether oxygens (including phenoxy) is 3. The zero-order valence-corrected chi connectivity index (χ0v) is 15.6. The molecule has 2 bridgehead atoms. The van der Waals surface area contributed by atoms with Crippen molar-refractivity contribution in [2.24, 2.45) is 5.92 Å². The maximum absolute atomic E-state index is 13.6. The Kier molecular flexibility index (Phi) is 4.72. The second kappa shape index (κ2) is 7.04. The predicted molar refractivity (Wildman–Crippen MR) is 102 cm³/mol. The van der Waals surface area contributed by atoms with Crippen LogP contribution in [-0.2, 0) is 31.2 Å². The highest BCUT2D eigenvalue weighted by molar-refractivity contribution is 5.96. The number of hydrogen-bond donors (Lipinski definition) is 0. The van der Waals surface area contributed by atoms with Gasteiger partial charge in [-0.25, -0.2) is 0 Å². The second-order valence-corrected chi connectivity index (χ2v) is 7.13. The normalized spacial score (nSPS) is 32.0. The van der Waals surface area contributed by atoms with Crippen LogP contribution in [0, 0.1) is 5.92 Å². The van der Waals surface area contributed by atoms with Crippen molar-refractivity contribution < 1.29 is 19.0 Å². The summed E-state index contributed by atoms with van der Waals surface area (Å²) >= 11 is 0. The van der Waals surface area contributed by atoms with E-state index in [9.17, 15) is 4.79 Å². The monoisotopic (exact) mass is 364 g/mol. The van der Waals surface area contributed by atoms with Crippen LogP contribution in [0.3, 0.4) is 0 Å². The van der Waals surface area contributed by atoms with Gasteiger partial charge in [0.05, 0.1) is 18.6 Å². The minimum absolute atomic E-state index is 0.00939. The number of hydrogen-bond acceptors (Lipinski definition) is 4. The Morgan fingerprint density at radius 2 is 1.63 bits per heavy atom. The van der Waals surface area contributed by atoms with Gasteiger partial charge < -0.3 is 14.2 Å². The average Bonchev–Trinajstić information content (AvgIpc) is 2.74. The third kappa shape index (κ3) is 2.67. The highest BCUT2D eigenvalue weighted by Gasteiger charge is 2.66. The van der Waals surface area contributed by atoms with E-state index in [1.165, 1.54) is 0 Å². The molecular formula is C23H24O4. The Balaban J connectivity index is 1.68. The summed E-state index contributed by atoms with van der Waals surface area (Å²) in [5.74, 6) is -0.365. The molecule has 5 rings (SSSR count). The quantitative estimate of drug-likeness (QED) is 0.734. The minimum Gasteiger partial charge on any atom is -0.372 e. The maximum Gasteiger partial charge on any atom is 0.184 e. The smallest absolute Gasteiger partial charge is 0.184 e. The zero-order valence-electron chi connectivity index (χ0n) is 15.6. The van der Waals surface area contributed by atoms with Gasteiger partial charge in [0.15, 0.2) is 11.4 Å². The summed E-state index contributed by atoms with van der Waals surface area (Å²) in [6, 6.07) is 19.6. The molecular weight excluding hydrogens is 340 g/mol. The fraction of sp³-hybridized carbons (Fsp3) is 0.348.